The number of nitrogen functional groups attached to an aromatic ring is 1. The monoisotopic (exact) mass is 533 g/mol. The van der Waals surface area contributed by atoms with Crippen LogP contribution < -0.4 is 21.5 Å². The molecule has 2 aromatic carbocycles. The van der Waals surface area contributed by atoms with E-state index in [4.69, 9.17) is 31.0 Å². The summed E-state index contributed by atoms with van der Waals surface area (Å²) in [5, 5.41) is 39.5. The van der Waals surface area contributed by atoms with Crippen LogP contribution in [0, 0.1) is 22.6 Å². The maximum atomic E-state index is 14.7. The van der Waals surface area contributed by atoms with E-state index in [0.717, 1.165) is 11.6 Å². The number of H-pyrrole nitrogens is 1. The van der Waals surface area contributed by atoms with Gasteiger partial charge in [0.05, 0.1) is 19.6 Å². The number of halogens is 1. The molecule has 0 radical (unpaired) electrons. The largest absolute Gasteiger partial charge is 0.494 e. The molecule has 14 heteroatoms. The average molecular weight is 534 g/mol. The highest BCUT2D eigenvalue weighted by atomic mass is 19.1. The van der Waals surface area contributed by atoms with Gasteiger partial charge in [-0.25, -0.2) is 9.18 Å². The first-order valence-corrected chi connectivity index (χ1v) is 11.3. The van der Waals surface area contributed by atoms with E-state index in [1.165, 1.54) is 25.4 Å². The summed E-state index contributed by atoms with van der Waals surface area (Å²) in [5.74, 6) is -1.19. The van der Waals surface area contributed by atoms with E-state index in [1.807, 2.05) is 6.07 Å². The Labute approximate surface area is 221 Å². The number of nitriles is 1. The maximum absolute atomic E-state index is 14.7. The number of carboxylic acid groups (broad SMARTS) is 1. The van der Waals surface area contributed by atoms with Crippen LogP contribution >= 0.6 is 0 Å². The van der Waals surface area contributed by atoms with E-state index in [1.54, 1.807) is 36.4 Å². The first-order valence-electron chi connectivity index (χ1n) is 11.3. The lowest BCUT2D eigenvalue weighted by atomic mass is 10.00. The number of hydrogen-bond donors (Lipinski definition) is 5. The molecule has 0 bridgehead atoms. The molecular weight excluding hydrogens is 509 g/mol. The highest BCUT2D eigenvalue weighted by Gasteiger charge is 2.24. The fourth-order valence-electron chi connectivity index (χ4n) is 3.46. The molecule has 0 aliphatic heterocycles. The minimum atomic E-state index is -0.833. The molecule has 13 nitrogen and oxygen atoms in total. The van der Waals surface area contributed by atoms with E-state index >= 15 is 0 Å². The lowest BCUT2D eigenvalue weighted by molar-refractivity contribution is -0.134. The minimum absolute atomic E-state index is 0.0535. The van der Waals surface area contributed by atoms with Crippen molar-refractivity contribution in [1.29, 1.82) is 10.7 Å². The SMILES string of the molecule is CC(=O)O.COc1cc([C@H](Nc2ccc(C(=N)N)cc2)c2nn(-c3cccnn3)c(=O)[nH]2)cc(CC#N)c1F. The van der Waals surface area contributed by atoms with Crippen LogP contribution in [0.25, 0.3) is 5.82 Å². The van der Waals surface area contributed by atoms with Crippen molar-refractivity contribution >= 4 is 17.5 Å². The van der Waals surface area contributed by atoms with Crippen molar-refractivity contribution in [1.82, 2.24) is 25.0 Å². The molecule has 4 rings (SSSR count). The van der Waals surface area contributed by atoms with Crippen molar-refractivity contribution in [2.75, 3.05) is 12.4 Å². The van der Waals surface area contributed by atoms with Crippen molar-refractivity contribution in [2.45, 2.75) is 19.4 Å². The molecule has 0 aliphatic carbocycles. The van der Waals surface area contributed by atoms with Gasteiger partial charge in [0.2, 0.25) is 0 Å². The molecular formula is C25H24FN9O4. The summed E-state index contributed by atoms with van der Waals surface area (Å²) in [5.41, 5.74) is 6.76. The number of nitrogens with zero attached hydrogens (tertiary/aromatic N) is 5. The van der Waals surface area contributed by atoms with Gasteiger partial charge in [0.25, 0.3) is 5.97 Å². The molecule has 4 aromatic rings. The van der Waals surface area contributed by atoms with Gasteiger partial charge >= 0.3 is 5.69 Å². The number of aliphatic carboxylic acids is 1. The Balaban J connectivity index is 0.000000983. The number of aromatic nitrogens is 5. The van der Waals surface area contributed by atoms with Crippen LogP contribution in [0.3, 0.4) is 0 Å². The molecule has 2 aromatic heterocycles. The summed E-state index contributed by atoms with van der Waals surface area (Å²) in [6, 6.07) is 14.1. The zero-order chi connectivity index (χ0) is 28.5. The molecule has 0 saturated heterocycles. The summed E-state index contributed by atoms with van der Waals surface area (Å²) >= 11 is 0. The van der Waals surface area contributed by atoms with Crippen LogP contribution in [0.1, 0.15) is 35.5 Å². The van der Waals surface area contributed by atoms with E-state index < -0.39 is 23.5 Å². The molecule has 6 N–H and O–H groups in total. The summed E-state index contributed by atoms with van der Waals surface area (Å²) in [6.45, 7) is 1.08. The van der Waals surface area contributed by atoms with Gasteiger partial charge < -0.3 is 20.9 Å². The predicted octanol–water partition coefficient (Wildman–Crippen LogP) is 2.14. The van der Waals surface area contributed by atoms with Gasteiger partial charge in [-0.05, 0) is 54.1 Å². The fraction of sp³-hybridized carbons (Fsp3) is 0.160. The minimum Gasteiger partial charge on any atom is -0.494 e. The molecule has 0 spiro atoms. The number of amidine groups is 1. The molecule has 0 amide bonds. The highest BCUT2D eigenvalue weighted by molar-refractivity contribution is 5.95. The number of methoxy groups -OCH3 is 1. The third-order valence-electron chi connectivity index (χ3n) is 5.15. The molecule has 200 valence electrons. The smallest absolute Gasteiger partial charge is 0.349 e. The van der Waals surface area contributed by atoms with Crippen LogP contribution in [0.2, 0.25) is 0 Å². The first-order chi connectivity index (χ1) is 18.6. The molecule has 1 atom stereocenters. The highest BCUT2D eigenvalue weighted by Crippen LogP contribution is 2.31. The van der Waals surface area contributed by atoms with Gasteiger partial charge in [-0.15, -0.1) is 10.2 Å². The number of ether oxygens (including phenoxy) is 1. The Hall–Kier alpha value is -5.58. The van der Waals surface area contributed by atoms with Crippen molar-refractivity contribution < 1.29 is 19.0 Å². The zero-order valence-electron chi connectivity index (χ0n) is 20.8. The van der Waals surface area contributed by atoms with Crippen molar-refractivity contribution in [2.24, 2.45) is 5.73 Å². The maximum Gasteiger partial charge on any atom is 0.349 e. The van der Waals surface area contributed by atoms with Crippen LogP contribution in [0.5, 0.6) is 5.75 Å². The van der Waals surface area contributed by atoms with Crippen molar-refractivity contribution in [3.05, 3.63) is 93.5 Å². The number of hydrogen-bond acceptors (Lipinski definition) is 9. The predicted molar refractivity (Wildman–Crippen MR) is 138 cm³/mol. The number of aromatic amines is 1. The topological polar surface area (TPSA) is 209 Å². The Morgan fingerprint density at radius 1 is 1.33 bits per heavy atom. The number of nitrogens with one attached hydrogen (secondary N) is 3. The fourth-order valence-corrected chi connectivity index (χ4v) is 3.46. The summed E-state index contributed by atoms with van der Waals surface area (Å²) in [7, 11) is 1.33. The average Bonchev–Trinajstić information content (AvgIpc) is 3.30. The van der Waals surface area contributed by atoms with E-state index in [0.29, 0.717) is 16.8 Å². The number of carbonyl (C=O) groups is 1. The second-order valence-corrected chi connectivity index (χ2v) is 7.93. The third-order valence-corrected chi connectivity index (χ3v) is 5.15. The third kappa shape index (κ3) is 7.01. The van der Waals surface area contributed by atoms with Gasteiger partial charge in [0.1, 0.15) is 11.9 Å². The molecule has 39 heavy (non-hydrogen) atoms. The van der Waals surface area contributed by atoms with Crippen LogP contribution in [0.4, 0.5) is 10.1 Å². The van der Waals surface area contributed by atoms with Crippen LogP contribution in [0.15, 0.2) is 59.5 Å². The Morgan fingerprint density at radius 3 is 2.59 bits per heavy atom. The molecule has 0 saturated carbocycles. The van der Waals surface area contributed by atoms with Gasteiger partial charge in [0.15, 0.2) is 23.2 Å². The lowest BCUT2D eigenvalue weighted by Crippen LogP contribution is -2.17. The Morgan fingerprint density at radius 2 is 2.03 bits per heavy atom. The molecule has 0 aliphatic rings. The van der Waals surface area contributed by atoms with Gasteiger partial charge in [-0.2, -0.15) is 15.0 Å². The number of carboxylic acids is 1. The summed E-state index contributed by atoms with van der Waals surface area (Å²) in [6.07, 6.45) is 1.29. The molecule has 0 unspecified atom stereocenters. The Bertz CT molecular complexity index is 1560. The van der Waals surface area contributed by atoms with Crippen LogP contribution in [-0.4, -0.2) is 49.0 Å². The van der Waals surface area contributed by atoms with Gasteiger partial charge in [0, 0.05) is 29.9 Å². The zero-order valence-corrected chi connectivity index (χ0v) is 20.8. The lowest BCUT2D eigenvalue weighted by Gasteiger charge is -2.20. The Kier molecular flexibility index (Phi) is 9.04. The van der Waals surface area contributed by atoms with Crippen molar-refractivity contribution in [3.63, 3.8) is 0 Å². The molecule has 2 heterocycles. The van der Waals surface area contributed by atoms with Gasteiger partial charge in [-0.3, -0.25) is 15.2 Å². The second kappa shape index (κ2) is 12.6. The van der Waals surface area contributed by atoms with E-state index in [9.17, 15) is 9.18 Å². The number of nitrogens with two attached hydrogens (primary N) is 1. The van der Waals surface area contributed by atoms with E-state index in [2.05, 4.69) is 25.6 Å². The number of anilines is 1. The standard InChI is InChI=1S/C23H20FN9O2.C2H4O2/c1-35-17-12-15(11-14(8-9-25)19(17)24)20(29-16-6-4-13(5-7-16)21(26)27)22-30-23(34)33(32-22)18-3-2-10-28-31-18;1-2(3)4/h2-7,10-12,20,29H,8H2,1H3,(H3,26,27)(H,30,32,34);1H3,(H,3,4)/t20-;/m0./s1. The van der Waals surface area contributed by atoms with E-state index in [-0.39, 0.29) is 35.2 Å². The first kappa shape index (κ1) is 28.0. The summed E-state index contributed by atoms with van der Waals surface area (Å²) in [4.78, 5) is 24.4. The van der Waals surface area contributed by atoms with Crippen molar-refractivity contribution in [3.8, 4) is 17.6 Å². The normalized spacial score (nSPS) is 10.9. The second-order valence-electron chi connectivity index (χ2n) is 7.93. The molecule has 0 fully saturated rings. The van der Waals surface area contributed by atoms with Gasteiger partial charge in [-0.1, -0.05) is 0 Å². The quantitative estimate of drug-likeness (QED) is 0.165. The number of rotatable bonds is 8. The number of benzene rings is 2. The summed E-state index contributed by atoms with van der Waals surface area (Å²) < 4.78 is 21.0. The van der Waals surface area contributed by atoms with Crippen LogP contribution in [-0.2, 0) is 11.2 Å².